The Morgan fingerprint density at radius 1 is 1.40 bits per heavy atom. The Kier molecular flexibility index (Phi) is 3.47. The lowest BCUT2D eigenvalue weighted by Crippen LogP contribution is -2.51. The molecule has 6 heteroatoms. The number of hydrogen-bond donors (Lipinski definition) is 1. The predicted octanol–water partition coefficient (Wildman–Crippen LogP) is 1.17. The van der Waals surface area contributed by atoms with E-state index in [-0.39, 0.29) is 5.91 Å². The molecule has 0 spiro atoms. The number of nitrogens with one attached hydrogen (secondary N) is 1. The van der Waals surface area contributed by atoms with Crippen molar-refractivity contribution in [3.8, 4) is 11.4 Å². The molecule has 1 N–H and O–H groups in total. The average molecular weight is 272 g/mol. The highest BCUT2D eigenvalue weighted by molar-refractivity contribution is 5.94. The Hall–Kier alpha value is -2.21. The molecule has 0 bridgehead atoms. The Morgan fingerprint density at radius 3 is 2.85 bits per heavy atom. The van der Waals surface area contributed by atoms with Gasteiger partial charge >= 0.3 is 0 Å². The van der Waals surface area contributed by atoms with Crippen molar-refractivity contribution in [3.05, 3.63) is 36.2 Å². The Balaban J connectivity index is 1.75. The van der Waals surface area contributed by atoms with Gasteiger partial charge in [-0.1, -0.05) is 17.3 Å². The number of carbonyl (C=O) groups is 1. The maximum Gasteiger partial charge on any atom is 0.253 e. The molecule has 1 fully saturated rings. The highest BCUT2D eigenvalue weighted by Gasteiger charge is 2.21. The lowest BCUT2D eigenvalue weighted by molar-refractivity contribution is 0.0709. The molecule has 1 atom stereocenters. The van der Waals surface area contributed by atoms with Crippen LogP contribution < -0.4 is 5.32 Å². The average Bonchev–Trinajstić information content (AvgIpc) is 3.01. The van der Waals surface area contributed by atoms with Crippen LogP contribution in [0.5, 0.6) is 0 Å². The van der Waals surface area contributed by atoms with Crippen molar-refractivity contribution in [1.29, 1.82) is 0 Å². The van der Waals surface area contributed by atoms with Gasteiger partial charge in [0.1, 0.15) is 0 Å². The molecule has 0 aliphatic carbocycles. The van der Waals surface area contributed by atoms with E-state index in [0.29, 0.717) is 17.4 Å². The summed E-state index contributed by atoms with van der Waals surface area (Å²) in [6, 6.07) is 7.63. The monoisotopic (exact) mass is 272 g/mol. The third-order valence-corrected chi connectivity index (χ3v) is 3.41. The molecule has 1 aliphatic heterocycles. The van der Waals surface area contributed by atoms with Crippen LogP contribution in [-0.2, 0) is 0 Å². The number of benzene rings is 1. The van der Waals surface area contributed by atoms with Gasteiger partial charge in [0.2, 0.25) is 12.2 Å². The molecular weight excluding hydrogens is 256 g/mol. The Morgan fingerprint density at radius 2 is 2.20 bits per heavy atom. The van der Waals surface area contributed by atoms with Crippen LogP contribution in [-0.4, -0.2) is 46.6 Å². The zero-order valence-electron chi connectivity index (χ0n) is 11.2. The molecule has 3 rings (SSSR count). The van der Waals surface area contributed by atoms with E-state index in [1.807, 2.05) is 17.0 Å². The summed E-state index contributed by atoms with van der Waals surface area (Å²) >= 11 is 0. The second-order valence-electron chi connectivity index (χ2n) is 4.94. The van der Waals surface area contributed by atoms with E-state index in [4.69, 9.17) is 4.52 Å². The lowest BCUT2D eigenvalue weighted by Gasteiger charge is -2.32. The number of rotatable bonds is 2. The minimum absolute atomic E-state index is 0.0676. The molecule has 1 unspecified atom stereocenters. The van der Waals surface area contributed by atoms with Crippen LogP contribution in [0.1, 0.15) is 17.3 Å². The number of carbonyl (C=O) groups excluding carboxylic acids is 1. The molecule has 0 saturated carbocycles. The van der Waals surface area contributed by atoms with Crippen LogP contribution in [0, 0.1) is 0 Å². The number of aromatic nitrogens is 2. The van der Waals surface area contributed by atoms with E-state index in [1.165, 1.54) is 6.39 Å². The van der Waals surface area contributed by atoms with Crippen molar-refractivity contribution in [1.82, 2.24) is 20.4 Å². The quantitative estimate of drug-likeness (QED) is 0.888. The van der Waals surface area contributed by atoms with Gasteiger partial charge in [0.05, 0.1) is 0 Å². The van der Waals surface area contributed by atoms with Gasteiger partial charge in [0.25, 0.3) is 5.91 Å². The molecule has 1 aromatic carbocycles. The van der Waals surface area contributed by atoms with Crippen molar-refractivity contribution >= 4 is 5.91 Å². The second-order valence-corrected chi connectivity index (χ2v) is 4.94. The van der Waals surface area contributed by atoms with Gasteiger partial charge in [-0.3, -0.25) is 4.79 Å². The number of nitrogens with zero attached hydrogens (tertiary/aromatic N) is 3. The SMILES string of the molecule is CC1CN(C(=O)c2ccc(-c3ncon3)cc2)CCN1. The molecule has 1 saturated heterocycles. The summed E-state index contributed by atoms with van der Waals surface area (Å²) in [5.74, 6) is 0.595. The minimum Gasteiger partial charge on any atom is -0.342 e. The predicted molar refractivity (Wildman–Crippen MR) is 73.1 cm³/mol. The van der Waals surface area contributed by atoms with Crippen molar-refractivity contribution in [3.63, 3.8) is 0 Å². The Labute approximate surface area is 116 Å². The van der Waals surface area contributed by atoms with Gasteiger partial charge in [-0.2, -0.15) is 4.98 Å². The molecule has 1 aromatic heterocycles. The van der Waals surface area contributed by atoms with Gasteiger partial charge in [0.15, 0.2) is 0 Å². The fourth-order valence-corrected chi connectivity index (χ4v) is 2.36. The molecule has 2 aromatic rings. The molecule has 104 valence electrons. The third-order valence-electron chi connectivity index (χ3n) is 3.41. The normalized spacial score (nSPS) is 19.1. The van der Waals surface area contributed by atoms with Gasteiger partial charge < -0.3 is 14.7 Å². The van der Waals surface area contributed by atoms with Crippen LogP contribution in [0.25, 0.3) is 11.4 Å². The van der Waals surface area contributed by atoms with Crippen LogP contribution in [0.4, 0.5) is 0 Å². The van der Waals surface area contributed by atoms with Crippen molar-refractivity contribution < 1.29 is 9.32 Å². The maximum absolute atomic E-state index is 12.4. The molecule has 0 radical (unpaired) electrons. The van der Waals surface area contributed by atoms with Crippen LogP contribution in [0.3, 0.4) is 0 Å². The second kappa shape index (κ2) is 5.42. The van der Waals surface area contributed by atoms with Gasteiger partial charge in [0, 0.05) is 36.8 Å². The first-order valence-corrected chi connectivity index (χ1v) is 6.63. The minimum atomic E-state index is 0.0676. The number of amides is 1. The summed E-state index contributed by atoms with van der Waals surface area (Å²) in [7, 11) is 0. The lowest BCUT2D eigenvalue weighted by atomic mass is 10.1. The van der Waals surface area contributed by atoms with E-state index in [0.717, 1.165) is 25.2 Å². The number of hydrogen-bond acceptors (Lipinski definition) is 5. The van der Waals surface area contributed by atoms with E-state index < -0.39 is 0 Å². The van der Waals surface area contributed by atoms with E-state index in [1.54, 1.807) is 12.1 Å². The maximum atomic E-state index is 12.4. The standard InChI is InChI=1S/C14H16N4O2/c1-10-8-18(7-6-15-10)14(19)12-4-2-11(3-5-12)13-16-9-20-17-13/h2-5,9-10,15H,6-8H2,1H3. The largest absolute Gasteiger partial charge is 0.342 e. The third kappa shape index (κ3) is 2.55. The highest BCUT2D eigenvalue weighted by Crippen LogP contribution is 2.16. The molecule has 2 heterocycles. The smallest absolute Gasteiger partial charge is 0.253 e. The van der Waals surface area contributed by atoms with Gasteiger partial charge in [-0.25, -0.2) is 0 Å². The molecule has 1 aliphatic rings. The first-order valence-electron chi connectivity index (χ1n) is 6.63. The summed E-state index contributed by atoms with van der Waals surface area (Å²) in [6.07, 6.45) is 1.29. The molecular formula is C14H16N4O2. The summed E-state index contributed by atoms with van der Waals surface area (Å²) < 4.78 is 4.71. The van der Waals surface area contributed by atoms with E-state index in [2.05, 4.69) is 22.4 Å². The summed E-state index contributed by atoms with van der Waals surface area (Å²) in [5, 5.41) is 7.10. The van der Waals surface area contributed by atoms with Gasteiger partial charge in [-0.15, -0.1) is 0 Å². The summed E-state index contributed by atoms with van der Waals surface area (Å²) in [4.78, 5) is 18.3. The van der Waals surface area contributed by atoms with Crippen LogP contribution in [0.2, 0.25) is 0 Å². The zero-order valence-corrected chi connectivity index (χ0v) is 11.2. The molecule has 20 heavy (non-hydrogen) atoms. The fourth-order valence-electron chi connectivity index (χ4n) is 2.36. The van der Waals surface area contributed by atoms with Gasteiger partial charge in [-0.05, 0) is 19.1 Å². The number of piperazine rings is 1. The van der Waals surface area contributed by atoms with E-state index >= 15 is 0 Å². The van der Waals surface area contributed by atoms with Crippen molar-refractivity contribution in [2.75, 3.05) is 19.6 Å². The first kappa shape index (κ1) is 12.8. The Bertz CT molecular complexity index is 580. The fraction of sp³-hybridized carbons (Fsp3) is 0.357. The molecule has 6 nitrogen and oxygen atoms in total. The first-order chi connectivity index (χ1) is 9.74. The molecule has 1 amide bonds. The van der Waals surface area contributed by atoms with Crippen molar-refractivity contribution in [2.45, 2.75) is 13.0 Å². The van der Waals surface area contributed by atoms with Crippen LogP contribution >= 0.6 is 0 Å². The topological polar surface area (TPSA) is 71.3 Å². The van der Waals surface area contributed by atoms with Crippen molar-refractivity contribution in [2.24, 2.45) is 0 Å². The summed E-state index contributed by atoms with van der Waals surface area (Å²) in [6.45, 7) is 4.41. The van der Waals surface area contributed by atoms with Crippen LogP contribution in [0.15, 0.2) is 35.2 Å². The summed E-state index contributed by atoms with van der Waals surface area (Å²) in [5.41, 5.74) is 1.52. The zero-order chi connectivity index (χ0) is 13.9. The van der Waals surface area contributed by atoms with E-state index in [9.17, 15) is 4.79 Å². The highest BCUT2D eigenvalue weighted by atomic mass is 16.5.